The fourth-order valence-corrected chi connectivity index (χ4v) is 1.60. The number of aliphatic hydroxyl groups excluding tert-OH is 1. The Morgan fingerprint density at radius 1 is 1.40 bits per heavy atom. The summed E-state index contributed by atoms with van der Waals surface area (Å²) in [7, 11) is 0. The van der Waals surface area contributed by atoms with Gasteiger partial charge in [-0.3, -0.25) is 4.79 Å². The number of amides is 1. The van der Waals surface area contributed by atoms with Gasteiger partial charge in [0, 0.05) is 19.1 Å². The molecular formula is C15H22FNO3. The summed E-state index contributed by atoms with van der Waals surface area (Å²) in [6, 6.07) is 6.11. The van der Waals surface area contributed by atoms with Crippen molar-refractivity contribution in [3.8, 4) is 5.75 Å². The van der Waals surface area contributed by atoms with Crippen LogP contribution < -0.4 is 10.1 Å². The van der Waals surface area contributed by atoms with Gasteiger partial charge in [0.15, 0.2) is 11.6 Å². The molecule has 0 aliphatic heterocycles. The Bertz CT molecular complexity index is 425. The van der Waals surface area contributed by atoms with Gasteiger partial charge in [-0.1, -0.05) is 19.1 Å². The molecule has 2 atom stereocenters. The van der Waals surface area contributed by atoms with Crippen LogP contribution in [0.4, 0.5) is 4.39 Å². The first kappa shape index (κ1) is 16.4. The fourth-order valence-electron chi connectivity index (χ4n) is 1.60. The van der Waals surface area contributed by atoms with Gasteiger partial charge in [0.1, 0.15) is 0 Å². The van der Waals surface area contributed by atoms with Gasteiger partial charge in [-0.25, -0.2) is 4.39 Å². The SMILES string of the molecule is CC(CO)C(C)NC(=O)CCCOc1ccccc1F. The highest BCUT2D eigenvalue weighted by molar-refractivity contribution is 5.76. The van der Waals surface area contributed by atoms with Crippen molar-refractivity contribution in [2.24, 2.45) is 5.92 Å². The van der Waals surface area contributed by atoms with Gasteiger partial charge in [0.05, 0.1) is 6.61 Å². The standard InChI is InChI=1S/C15H22FNO3/c1-11(10-18)12(2)17-15(19)8-5-9-20-14-7-4-3-6-13(14)16/h3-4,6-7,11-12,18H,5,8-10H2,1-2H3,(H,17,19). The molecule has 0 bridgehead atoms. The summed E-state index contributed by atoms with van der Waals surface area (Å²) in [5.41, 5.74) is 0. The van der Waals surface area contributed by atoms with E-state index < -0.39 is 5.82 Å². The molecule has 0 saturated heterocycles. The molecule has 112 valence electrons. The van der Waals surface area contributed by atoms with Gasteiger partial charge in [0.25, 0.3) is 0 Å². The van der Waals surface area contributed by atoms with Crippen molar-refractivity contribution >= 4 is 5.91 Å². The minimum absolute atomic E-state index is 0.0219. The number of hydrogen-bond donors (Lipinski definition) is 2. The van der Waals surface area contributed by atoms with E-state index in [2.05, 4.69) is 5.32 Å². The lowest BCUT2D eigenvalue weighted by atomic mass is 10.1. The second kappa shape index (κ2) is 8.53. The van der Waals surface area contributed by atoms with Crippen LogP contribution in [-0.4, -0.2) is 30.3 Å². The van der Waals surface area contributed by atoms with Crippen molar-refractivity contribution in [3.05, 3.63) is 30.1 Å². The molecule has 0 spiro atoms. The predicted molar refractivity (Wildman–Crippen MR) is 75.0 cm³/mol. The molecule has 2 N–H and O–H groups in total. The third-order valence-electron chi connectivity index (χ3n) is 3.17. The molecule has 5 heteroatoms. The average molecular weight is 283 g/mol. The van der Waals surface area contributed by atoms with Crippen LogP contribution in [-0.2, 0) is 4.79 Å². The van der Waals surface area contributed by atoms with Gasteiger partial charge in [-0.15, -0.1) is 0 Å². The summed E-state index contributed by atoms with van der Waals surface area (Å²) >= 11 is 0. The molecule has 0 aliphatic rings. The van der Waals surface area contributed by atoms with Crippen LogP contribution in [0.1, 0.15) is 26.7 Å². The maximum Gasteiger partial charge on any atom is 0.220 e. The Morgan fingerprint density at radius 3 is 2.75 bits per heavy atom. The number of halogens is 1. The normalized spacial score (nSPS) is 13.6. The zero-order valence-corrected chi connectivity index (χ0v) is 11.9. The molecule has 4 nitrogen and oxygen atoms in total. The number of aliphatic hydroxyl groups is 1. The molecule has 0 saturated carbocycles. The molecule has 0 radical (unpaired) electrons. The van der Waals surface area contributed by atoms with E-state index in [1.807, 2.05) is 13.8 Å². The van der Waals surface area contributed by atoms with Crippen LogP contribution in [0.3, 0.4) is 0 Å². The maximum atomic E-state index is 13.2. The zero-order chi connectivity index (χ0) is 15.0. The second-order valence-electron chi connectivity index (χ2n) is 4.90. The Labute approximate surface area is 119 Å². The van der Waals surface area contributed by atoms with Crippen molar-refractivity contribution < 1.29 is 19.0 Å². The van der Waals surface area contributed by atoms with Crippen LogP contribution in [0.2, 0.25) is 0 Å². The van der Waals surface area contributed by atoms with Crippen molar-refractivity contribution in [1.82, 2.24) is 5.32 Å². The van der Waals surface area contributed by atoms with Crippen LogP contribution in [0.5, 0.6) is 5.75 Å². The Balaban J connectivity index is 2.21. The summed E-state index contributed by atoms with van der Waals surface area (Å²) in [6.45, 7) is 4.05. The third kappa shape index (κ3) is 5.57. The Morgan fingerprint density at radius 2 is 2.10 bits per heavy atom. The van der Waals surface area contributed by atoms with Crippen molar-refractivity contribution in [3.63, 3.8) is 0 Å². The highest BCUT2D eigenvalue weighted by atomic mass is 19.1. The number of ether oxygens (including phenoxy) is 1. The molecular weight excluding hydrogens is 261 g/mol. The summed E-state index contributed by atoms with van der Waals surface area (Å²) < 4.78 is 18.5. The maximum absolute atomic E-state index is 13.2. The topological polar surface area (TPSA) is 58.6 Å². The van der Waals surface area contributed by atoms with E-state index in [4.69, 9.17) is 9.84 Å². The summed E-state index contributed by atoms with van der Waals surface area (Å²) in [6.07, 6.45) is 0.831. The lowest BCUT2D eigenvalue weighted by Crippen LogP contribution is -2.38. The first-order chi connectivity index (χ1) is 9.54. The average Bonchev–Trinajstić information content (AvgIpc) is 2.44. The summed E-state index contributed by atoms with van der Waals surface area (Å²) in [5, 5.41) is 11.8. The quantitative estimate of drug-likeness (QED) is 0.718. The van der Waals surface area contributed by atoms with E-state index in [1.54, 1.807) is 18.2 Å². The molecule has 1 amide bonds. The third-order valence-corrected chi connectivity index (χ3v) is 3.17. The van der Waals surface area contributed by atoms with Gasteiger partial charge < -0.3 is 15.2 Å². The lowest BCUT2D eigenvalue weighted by molar-refractivity contribution is -0.122. The van der Waals surface area contributed by atoms with Crippen LogP contribution in [0, 0.1) is 11.7 Å². The molecule has 1 aromatic carbocycles. The number of carbonyl (C=O) groups is 1. The van der Waals surface area contributed by atoms with E-state index in [-0.39, 0.29) is 36.8 Å². The molecule has 0 heterocycles. The highest BCUT2D eigenvalue weighted by Crippen LogP contribution is 2.15. The molecule has 1 aromatic rings. The van der Waals surface area contributed by atoms with E-state index in [0.717, 1.165) is 0 Å². The molecule has 0 aromatic heterocycles. The number of para-hydroxylation sites is 1. The number of rotatable bonds is 8. The zero-order valence-electron chi connectivity index (χ0n) is 11.9. The lowest BCUT2D eigenvalue weighted by Gasteiger charge is -2.19. The monoisotopic (exact) mass is 283 g/mol. The van der Waals surface area contributed by atoms with Gasteiger partial charge >= 0.3 is 0 Å². The van der Waals surface area contributed by atoms with Crippen LogP contribution in [0.15, 0.2) is 24.3 Å². The number of carbonyl (C=O) groups excluding carboxylic acids is 1. The molecule has 2 unspecified atom stereocenters. The van der Waals surface area contributed by atoms with Crippen LogP contribution >= 0.6 is 0 Å². The summed E-state index contributed by atoms with van der Waals surface area (Å²) in [5.74, 6) is -0.263. The minimum atomic E-state index is -0.401. The first-order valence-corrected chi connectivity index (χ1v) is 6.82. The smallest absolute Gasteiger partial charge is 0.220 e. The van der Waals surface area contributed by atoms with Crippen molar-refractivity contribution in [2.45, 2.75) is 32.7 Å². The summed E-state index contributed by atoms with van der Waals surface area (Å²) in [4.78, 5) is 11.6. The van der Waals surface area contributed by atoms with Crippen molar-refractivity contribution in [1.29, 1.82) is 0 Å². The molecule has 1 rings (SSSR count). The largest absolute Gasteiger partial charge is 0.491 e. The highest BCUT2D eigenvalue weighted by Gasteiger charge is 2.13. The van der Waals surface area contributed by atoms with E-state index in [0.29, 0.717) is 12.8 Å². The van der Waals surface area contributed by atoms with Gasteiger partial charge in [0.2, 0.25) is 5.91 Å². The van der Waals surface area contributed by atoms with Gasteiger partial charge in [-0.2, -0.15) is 0 Å². The first-order valence-electron chi connectivity index (χ1n) is 6.82. The number of nitrogens with one attached hydrogen (secondary N) is 1. The predicted octanol–water partition coefficient (Wildman–Crippen LogP) is 2.12. The van der Waals surface area contributed by atoms with E-state index in [1.165, 1.54) is 6.07 Å². The fraction of sp³-hybridized carbons (Fsp3) is 0.533. The van der Waals surface area contributed by atoms with Crippen molar-refractivity contribution in [2.75, 3.05) is 13.2 Å². The second-order valence-corrected chi connectivity index (χ2v) is 4.90. The van der Waals surface area contributed by atoms with Gasteiger partial charge in [-0.05, 0) is 31.4 Å². The molecule has 0 fully saturated rings. The Kier molecular flexibility index (Phi) is 7.01. The molecule has 20 heavy (non-hydrogen) atoms. The number of hydrogen-bond acceptors (Lipinski definition) is 3. The minimum Gasteiger partial charge on any atom is -0.491 e. The van der Waals surface area contributed by atoms with Crippen LogP contribution in [0.25, 0.3) is 0 Å². The van der Waals surface area contributed by atoms with E-state index >= 15 is 0 Å². The Hall–Kier alpha value is -1.62. The molecule has 0 aliphatic carbocycles. The van der Waals surface area contributed by atoms with E-state index in [9.17, 15) is 9.18 Å². The number of benzene rings is 1.